The Morgan fingerprint density at radius 2 is 1.36 bits per heavy atom. The predicted molar refractivity (Wildman–Crippen MR) is 135 cm³/mol. The highest BCUT2D eigenvalue weighted by Gasteiger charge is 2.16. The molecule has 0 aliphatic heterocycles. The van der Waals surface area contributed by atoms with E-state index in [2.05, 4.69) is 16.0 Å². The van der Waals surface area contributed by atoms with Crippen molar-refractivity contribution in [3.8, 4) is 11.5 Å². The Balaban J connectivity index is 1.53. The van der Waals surface area contributed by atoms with Gasteiger partial charge in [0.05, 0.1) is 25.6 Å². The molecule has 0 aliphatic rings. The summed E-state index contributed by atoms with van der Waals surface area (Å²) >= 11 is 0. The fourth-order valence-electron chi connectivity index (χ4n) is 3.39. The molecule has 3 N–H and O–H groups in total. The van der Waals surface area contributed by atoms with Gasteiger partial charge in [-0.25, -0.2) is 4.39 Å². The zero-order valence-corrected chi connectivity index (χ0v) is 20.1. The van der Waals surface area contributed by atoms with Crippen molar-refractivity contribution in [1.29, 1.82) is 0 Å². The van der Waals surface area contributed by atoms with Crippen molar-refractivity contribution < 1.29 is 28.2 Å². The summed E-state index contributed by atoms with van der Waals surface area (Å²) in [5, 5.41) is 8.29. The first kappa shape index (κ1) is 26.2. The summed E-state index contributed by atoms with van der Waals surface area (Å²) in [5.41, 5.74) is 2.03. The first-order chi connectivity index (χ1) is 17.4. The van der Waals surface area contributed by atoms with Crippen LogP contribution in [0.1, 0.15) is 35.2 Å². The van der Waals surface area contributed by atoms with Gasteiger partial charge in [0.1, 0.15) is 17.3 Å². The highest BCUT2D eigenvalue weighted by Crippen LogP contribution is 2.36. The highest BCUT2D eigenvalue weighted by atomic mass is 19.1. The van der Waals surface area contributed by atoms with Gasteiger partial charge in [-0.15, -0.1) is 0 Å². The van der Waals surface area contributed by atoms with Gasteiger partial charge in [-0.2, -0.15) is 0 Å². The quantitative estimate of drug-likeness (QED) is 0.364. The molecule has 3 aromatic rings. The lowest BCUT2D eigenvalue weighted by Crippen LogP contribution is -2.23. The van der Waals surface area contributed by atoms with Gasteiger partial charge < -0.3 is 25.4 Å². The normalized spacial score (nSPS) is 10.3. The summed E-state index contributed by atoms with van der Waals surface area (Å²) in [6, 6.07) is 17.7. The zero-order valence-electron chi connectivity index (χ0n) is 20.1. The average molecular weight is 494 g/mol. The van der Waals surface area contributed by atoms with Gasteiger partial charge >= 0.3 is 0 Å². The van der Waals surface area contributed by atoms with Gasteiger partial charge in [-0.3, -0.25) is 14.4 Å². The molecule has 36 heavy (non-hydrogen) atoms. The van der Waals surface area contributed by atoms with Crippen LogP contribution < -0.4 is 25.4 Å². The van der Waals surface area contributed by atoms with Crippen LogP contribution in [0.3, 0.4) is 0 Å². The minimum Gasteiger partial charge on any atom is -0.494 e. The smallest absolute Gasteiger partial charge is 0.255 e. The van der Waals surface area contributed by atoms with Crippen molar-refractivity contribution in [2.75, 3.05) is 24.9 Å². The first-order valence-corrected chi connectivity index (χ1v) is 11.3. The molecule has 188 valence electrons. The summed E-state index contributed by atoms with van der Waals surface area (Å²) < 4.78 is 23.7. The van der Waals surface area contributed by atoms with Crippen molar-refractivity contribution in [1.82, 2.24) is 5.32 Å². The monoisotopic (exact) mass is 493 g/mol. The predicted octanol–water partition coefficient (Wildman–Crippen LogP) is 4.52. The van der Waals surface area contributed by atoms with Crippen LogP contribution >= 0.6 is 0 Å². The van der Waals surface area contributed by atoms with Crippen molar-refractivity contribution in [3.05, 3.63) is 83.7 Å². The molecule has 0 fully saturated rings. The van der Waals surface area contributed by atoms with Gasteiger partial charge in [-0.1, -0.05) is 30.3 Å². The molecule has 0 bridgehead atoms. The molecule has 3 amide bonds. The highest BCUT2D eigenvalue weighted by molar-refractivity contribution is 6.05. The fourth-order valence-corrected chi connectivity index (χ4v) is 3.39. The molecule has 3 rings (SSSR count). The number of amides is 3. The number of ether oxygens (including phenoxy) is 2. The number of hydrogen-bond donors (Lipinski definition) is 3. The van der Waals surface area contributed by atoms with Gasteiger partial charge in [0, 0.05) is 37.1 Å². The molecule has 0 atom stereocenters. The largest absolute Gasteiger partial charge is 0.494 e. The van der Waals surface area contributed by atoms with Crippen LogP contribution in [0.5, 0.6) is 11.5 Å². The molecular formula is C27H28FN3O5. The molecule has 0 spiro atoms. The topological polar surface area (TPSA) is 106 Å². The Morgan fingerprint density at radius 3 is 1.97 bits per heavy atom. The number of nitrogens with one attached hydrogen (secondary N) is 3. The summed E-state index contributed by atoms with van der Waals surface area (Å²) in [6.07, 6.45) is 0.618. The lowest BCUT2D eigenvalue weighted by atomic mass is 10.1. The third-order valence-corrected chi connectivity index (χ3v) is 5.29. The number of hydrogen-bond acceptors (Lipinski definition) is 5. The Bertz CT molecular complexity index is 1200. The Hall–Kier alpha value is -4.40. The van der Waals surface area contributed by atoms with Crippen LogP contribution in [0.15, 0.2) is 66.7 Å². The van der Waals surface area contributed by atoms with Crippen LogP contribution in [-0.4, -0.2) is 31.9 Å². The molecular weight excluding hydrogens is 465 g/mol. The minimum absolute atomic E-state index is 0.113. The second-order valence-corrected chi connectivity index (χ2v) is 7.88. The number of benzene rings is 3. The third kappa shape index (κ3) is 7.56. The summed E-state index contributed by atoms with van der Waals surface area (Å²) in [5.74, 6) is -0.477. The maximum atomic E-state index is 13.0. The van der Waals surface area contributed by atoms with Crippen molar-refractivity contribution in [3.63, 3.8) is 0 Å². The minimum atomic E-state index is -0.336. The van der Waals surface area contributed by atoms with E-state index in [-0.39, 0.29) is 42.9 Å². The SMILES string of the molecule is COc1cc(NC(=O)c2ccccc2)c(OC)cc1NC(=O)CCCC(=O)NCc1ccc(F)cc1. The molecule has 0 radical (unpaired) electrons. The Labute approximate surface area is 208 Å². The third-order valence-electron chi connectivity index (χ3n) is 5.29. The summed E-state index contributed by atoms with van der Waals surface area (Å²) in [7, 11) is 2.90. The fraction of sp³-hybridized carbons (Fsp3) is 0.222. The maximum absolute atomic E-state index is 13.0. The average Bonchev–Trinajstić information content (AvgIpc) is 2.89. The van der Waals surface area contributed by atoms with E-state index in [4.69, 9.17) is 9.47 Å². The van der Waals surface area contributed by atoms with E-state index < -0.39 is 0 Å². The molecule has 0 saturated heterocycles. The van der Waals surface area contributed by atoms with Gasteiger partial charge in [0.25, 0.3) is 5.91 Å². The molecule has 0 aromatic heterocycles. The lowest BCUT2D eigenvalue weighted by molar-refractivity contribution is -0.121. The first-order valence-electron chi connectivity index (χ1n) is 11.3. The number of carbonyl (C=O) groups is 3. The molecule has 0 unspecified atom stereocenters. The summed E-state index contributed by atoms with van der Waals surface area (Å²) in [4.78, 5) is 37.1. The van der Waals surface area contributed by atoms with E-state index in [1.165, 1.54) is 26.4 Å². The van der Waals surface area contributed by atoms with Crippen molar-refractivity contribution >= 4 is 29.1 Å². The van der Waals surface area contributed by atoms with E-state index >= 15 is 0 Å². The van der Waals surface area contributed by atoms with Crippen LogP contribution in [0.25, 0.3) is 0 Å². The van der Waals surface area contributed by atoms with E-state index in [9.17, 15) is 18.8 Å². The Kier molecular flexibility index (Phi) is 9.39. The lowest BCUT2D eigenvalue weighted by Gasteiger charge is -2.16. The maximum Gasteiger partial charge on any atom is 0.255 e. The zero-order chi connectivity index (χ0) is 25.9. The number of anilines is 2. The van der Waals surface area contributed by atoms with E-state index in [1.807, 2.05) is 6.07 Å². The number of halogens is 1. The number of carbonyl (C=O) groups excluding carboxylic acids is 3. The van der Waals surface area contributed by atoms with Crippen LogP contribution in [-0.2, 0) is 16.1 Å². The second kappa shape index (κ2) is 12.9. The standard InChI is InChI=1S/C27H28FN3O5/c1-35-23-16-22(31-27(34)19-7-4-3-5-8-19)24(36-2)15-21(23)30-26(33)10-6-9-25(32)29-17-18-11-13-20(28)14-12-18/h3-5,7-8,11-16H,6,9-10,17H2,1-2H3,(H,29,32)(H,30,33)(H,31,34). The van der Waals surface area contributed by atoms with Crippen LogP contribution in [0.4, 0.5) is 15.8 Å². The molecule has 9 heteroatoms. The Morgan fingerprint density at radius 1 is 0.778 bits per heavy atom. The number of rotatable bonds is 11. The molecule has 0 saturated carbocycles. The molecule has 3 aromatic carbocycles. The second-order valence-electron chi connectivity index (χ2n) is 7.88. The van der Waals surface area contributed by atoms with Gasteiger partial charge in [0.15, 0.2) is 0 Å². The van der Waals surface area contributed by atoms with Gasteiger partial charge in [-0.05, 0) is 36.2 Å². The number of methoxy groups -OCH3 is 2. The van der Waals surface area contributed by atoms with E-state index in [0.717, 1.165) is 5.56 Å². The van der Waals surface area contributed by atoms with Crippen LogP contribution in [0.2, 0.25) is 0 Å². The van der Waals surface area contributed by atoms with Gasteiger partial charge in [0.2, 0.25) is 11.8 Å². The van der Waals surface area contributed by atoms with Crippen molar-refractivity contribution in [2.24, 2.45) is 0 Å². The molecule has 0 heterocycles. The van der Waals surface area contributed by atoms with E-state index in [1.54, 1.807) is 48.5 Å². The van der Waals surface area contributed by atoms with E-state index in [0.29, 0.717) is 34.9 Å². The molecule has 0 aliphatic carbocycles. The summed E-state index contributed by atoms with van der Waals surface area (Å²) in [6.45, 7) is 0.287. The van der Waals surface area contributed by atoms with Crippen molar-refractivity contribution in [2.45, 2.75) is 25.8 Å². The van der Waals surface area contributed by atoms with Crippen LogP contribution in [0, 0.1) is 5.82 Å². The molecule has 8 nitrogen and oxygen atoms in total.